The van der Waals surface area contributed by atoms with Gasteiger partial charge in [0, 0.05) is 42.2 Å². The molecule has 1 aromatic carbocycles. The molecule has 156 valence electrons. The summed E-state index contributed by atoms with van der Waals surface area (Å²) in [5, 5.41) is 0.615. The molecular weight excluding hydrogens is 406 g/mol. The van der Waals surface area contributed by atoms with Crippen molar-refractivity contribution in [2.45, 2.75) is 32.7 Å². The number of aromatic nitrogens is 3. The zero-order chi connectivity index (χ0) is 20.8. The molecule has 0 aliphatic carbocycles. The maximum atomic E-state index is 13.1. The van der Waals surface area contributed by atoms with Crippen LogP contribution in [0.1, 0.15) is 29.9 Å². The van der Waals surface area contributed by atoms with Crippen molar-refractivity contribution in [3.05, 3.63) is 50.7 Å². The third-order valence-electron chi connectivity index (χ3n) is 5.96. The number of rotatable bonds is 2. The summed E-state index contributed by atoms with van der Waals surface area (Å²) >= 11 is 6.02. The molecule has 8 nitrogen and oxygen atoms in total. The third-order valence-corrected chi connectivity index (χ3v) is 6.19. The first-order valence-corrected chi connectivity index (χ1v) is 10.5. The summed E-state index contributed by atoms with van der Waals surface area (Å²) in [4.78, 5) is 40.8. The molecule has 2 aliphatic rings. The van der Waals surface area contributed by atoms with E-state index < -0.39 is 0 Å². The Kier molecular flexibility index (Phi) is 4.73. The molecule has 0 unspecified atom stereocenters. The molecule has 0 bridgehead atoms. The number of benzene rings is 1. The second-order valence-corrected chi connectivity index (χ2v) is 8.39. The Bertz CT molecular complexity index is 1180. The Hall–Kier alpha value is -2.87. The lowest BCUT2D eigenvalue weighted by Gasteiger charge is -2.35. The highest BCUT2D eigenvalue weighted by Gasteiger charge is 2.32. The monoisotopic (exact) mass is 427 g/mol. The van der Waals surface area contributed by atoms with Gasteiger partial charge in [0.1, 0.15) is 11.3 Å². The van der Waals surface area contributed by atoms with Crippen molar-refractivity contribution in [2.75, 3.05) is 24.5 Å². The van der Waals surface area contributed by atoms with Crippen LogP contribution in [0.3, 0.4) is 0 Å². The number of oxazole rings is 1. The van der Waals surface area contributed by atoms with Gasteiger partial charge in [0.2, 0.25) is 5.91 Å². The van der Waals surface area contributed by atoms with Gasteiger partial charge < -0.3 is 19.2 Å². The number of hydrogen-bond acceptors (Lipinski definition) is 6. The fourth-order valence-corrected chi connectivity index (χ4v) is 4.51. The van der Waals surface area contributed by atoms with Gasteiger partial charge >= 0.3 is 0 Å². The van der Waals surface area contributed by atoms with Crippen molar-refractivity contribution in [2.24, 2.45) is 5.92 Å². The molecule has 9 heteroatoms. The lowest BCUT2D eigenvalue weighted by molar-refractivity contribution is -0.137. The van der Waals surface area contributed by atoms with E-state index in [0.29, 0.717) is 60.6 Å². The lowest BCUT2D eigenvalue weighted by Crippen LogP contribution is -2.45. The van der Waals surface area contributed by atoms with Gasteiger partial charge in [-0.05, 0) is 38.3 Å². The van der Waals surface area contributed by atoms with Crippen molar-refractivity contribution in [3.63, 3.8) is 0 Å². The lowest BCUT2D eigenvalue weighted by atomic mass is 9.94. The van der Waals surface area contributed by atoms with E-state index in [1.54, 1.807) is 19.1 Å². The van der Waals surface area contributed by atoms with Gasteiger partial charge in [-0.2, -0.15) is 4.98 Å². The van der Waals surface area contributed by atoms with Crippen LogP contribution in [0.15, 0.2) is 27.4 Å². The van der Waals surface area contributed by atoms with E-state index in [2.05, 4.69) is 19.9 Å². The molecule has 1 fully saturated rings. The number of piperidine rings is 1. The number of aromatic amines is 1. The van der Waals surface area contributed by atoms with Crippen LogP contribution < -0.4 is 10.5 Å². The molecule has 0 saturated carbocycles. The number of hydrogen-bond donors (Lipinski definition) is 1. The summed E-state index contributed by atoms with van der Waals surface area (Å²) in [6.07, 6.45) is 2.03. The first kappa shape index (κ1) is 19.1. The Labute approximate surface area is 177 Å². The highest BCUT2D eigenvalue weighted by molar-refractivity contribution is 6.31. The van der Waals surface area contributed by atoms with Crippen molar-refractivity contribution in [1.82, 2.24) is 19.9 Å². The van der Waals surface area contributed by atoms with Crippen molar-refractivity contribution < 1.29 is 9.21 Å². The molecule has 3 aromatic rings. The summed E-state index contributed by atoms with van der Waals surface area (Å²) in [5.41, 5.74) is 2.78. The number of aryl methyl sites for hydroxylation is 1. The van der Waals surface area contributed by atoms with E-state index >= 15 is 0 Å². The Morgan fingerprint density at radius 2 is 2.03 bits per heavy atom. The minimum atomic E-state index is -0.0856. The van der Waals surface area contributed by atoms with Crippen LogP contribution in [-0.2, 0) is 17.8 Å². The van der Waals surface area contributed by atoms with Gasteiger partial charge in [0.05, 0.1) is 12.2 Å². The summed E-state index contributed by atoms with van der Waals surface area (Å²) < 4.78 is 5.86. The number of nitrogens with one attached hydrogen (secondary N) is 1. The van der Waals surface area contributed by atoms with Gasteiger partial charge in [-0.25, -0.2) is 4.98 Å². The smallest absolute Gasteiger partial charge is 0.298 e. The number of nitrogens with zero attached hydrogens (tertiary/aromatic N) is 4. The van der Waals surface area contributed by atoms with E-state index in [1.807, 2.05) is 11.0 Å². The molecule has 0 atom stereocenters. The van der Waals surface area contributed by atoms with Crippen molar-refractivity contribution in [3.8, 4) is 0 Å². The number of amides is 1. The van der Waals surface area contributed by atoms with Crippen LogP contribution in [0.4, 0.5) is 6.01 Å². The minimum absolute atomic E-state index is 0.0373. The molecule has 2 aliphatic heterocycles. The number of carbonyl (C=O) groups is 1. The SMILES string of the molecule is Cc1nc2c(c(=O)[nH]1)CCN(C(=O)C1CCN(c3nc4ccc(Cl)cc4o3)CC1)C2. The number of fused-ring (bicyclic) bond motifs is 2. The van der Waals surface area contributed by atoms with E-state index in [1.165, 1.54) is 0 Å². The molecule has 0 spiro atoms. The standard InChI is InChI=1S/C21H22ClN5O3/c1-12-23-17-11-27(9-6-15(17)19(28)24-12)20(29)13-4-7-26(8-5-13)21-25-16-3-2-14(22)10-18(16)30-21/h2-3,10,13H,4-9,11H2,1H3,(H,23,24,28). The number of halogens is 1. The molecule has 2 aromatic heterocycles. The summed E-state index contributed by atoms with van der Waals surface area (Å²) in [6, 6.07) is 5.97. The summed E-state index contributed by atoms with van der Waals surface area (Å²) in [6.45, 7) is 4.14. The molecule has 5 rings (SSSR count). The summed E-state index contributed by atoms with van der Waals surface area (Å²) in [7, 11) is 0. The van der Waals surface area contributed by atoms with Crippen LogP contribution in [0, 0.1) is 12.8 Å². The van der Waals surface area contributed by atoms with Crippen LogP contribution in [0.25, 0.3) is 11.1 Å². The average molecular weight is 428 g/mol. The normalized spacial score (nSPS) is 17.4. The van der Waals surface area contributed by atoms with Gasteiger partial charge in [0.25, 0.3) is 11.6 Å². The van der Waals surface area contributed by atoms with Gasteiger partial charge in [0.15, 0.2) is 5.58 Å². The average Bonchev–Trinajstić information content (AvgIpc) is 3.16. The van der Waals surface area contributed by atoms with Gasteiger partial charge in [-0.1, -0.05) is 11.6 Å². The molecule has 0 radical (unpaired) electrons. The molecule has 4 heterocycles. The number of anilines is 1. The second kappa shape index (κ2) is 7.43. The maximum Gasteiger partial charge on any atom is 0.298 e. The fraction of sp³-hybridized carbons (Fsp3) is 0.429. The van der Waals surface area contributed by atoms with Crippen LogP contribution in [0.2, 0.25) is 5.02 Å². The number of carbonyl (C=O) groups excluding carboxylic acids is 1. The van der Waals surface area contributed by atoms with Crippen molar-refractivity contribution >= 4 is 34.6 Å². The second-order valence-electron chi connectivity index (χ2n) is 7.96. The zero-order valence-electron chi connectivity index (χ0n) is 16.7. The Morgan fingerprint density at radius 3 is 2.83 bits per heavy atom. The summed E-state index contributed by atoms with van der Waals surface area (Å²) in [5.74, 6) is 0.690. The van der Waals surface area contributed by atoms with Crippen molar-refractivity contribution in [1.29, 1.82) is 0 Å². The fourth-order valence-electron chi connectivity index (χ4n) is 4.35. The van der Waals surface area contributed by atoms with Crippen LogP contribution >= 0.6 is 11.6 Å². The Morgan fingerprint density at radius 1 is 1.23 bits per heavy atom. The predicted octanol–water partition coefficient (Wildman–Crippen LogP) is 2.67. The van der Waals surface area contributed by atoms with Crippen LogP contribution in [-0.4, -0.2) is 45.4 Å². The first-order chi connectivity index (χ1) is 14.5. The topological polar surface area (TPSA) is 95.3 Å². The predicted molar refractivity (Wildman–Crippen MR) is 113 cm³/mol. The van der Waals surface area contributed by atoms with E-state index in [9.17, 15) is 9.59 Å². The number of H-pyrrole nitrogens is 1. The highest BCUT2D eigenvalue weighted by Crippen LogP contribution is 2.29. The quantitative estimate of drug-likeness (QED) is 0.675. The zero-order valence-corrected chi connectivity index (χ0v) is 17.4. The molecule has 1 amide bonds. The maximum absolute atomic E-state index is 13.1. The highest BCUT2D eigenvalue weighted by atomic mass is 35.5. The minimum Gasteiger partial charge on any atom is -0.423 e. The third kappa shape index (κ3) is 3.45. The molecule has 30 heavy (non-hydrogen) atoms. The first-order valence-electron chi connectivity index (χ1n) is 10.2. The molecular formula is C21H22ClN5O3. The molecule has 1 N–H and O–H groups in total. The van der Waals surface area contributed by atoms with E-state index in [4.69, 9.17) is 16.0 Å². The molecule has 1 saturated heterocycles. The van der Waals surface area contributed by atoms with E-state index in [-0.39, 0.29) is 17.4 Å². The van der Waals surface area contributed by atoms with Gasteiger partial charge in [-0.3, -0.25) is 9.59 Å². The van der Waals surface area contributed by atoms with E-state index in [0.717, 1.165) is 24.1 Å². The van der Waals surface area contributed by atoms with Gasteiger partial charge in [-0.15, -0.1) is 0 Å². The Balaban J connectivity index is 1.25. The largest absolute Gasteiger partial charge is 0.423 e. The van der Waals surface area contributed by atoms with Crippen LogP contribution in [0.5, 0.6) is 0 Å².